The van der Waals surface area contributed by atoms with Crippen LogP contribution in [0, 0.1) is 5.82 Å². The smallest absolute Gasteiger partial charge is 0.229 e. The lowest BCUT2D eigenvalue weighted by atomic mass is 10.0. The average Bonchev–Trinajstić information content (AvgIpc) is 2.96. The molecule has 1 N–H and O–H groups in total. The van der Waals surface area contributed by atoms with Crippen LogP contribution >= 0.6 is 0 Å². The van der Waals surface area contributed by atoms with Gasteiger partial charge in [0.05, 0.1) is 12.5 Å². The minimum absolute atomic E-state index is 0.278. The zero-order valence-electron chi connectivity index (χ0n) is 11.6. The van der Waals surface area contributed by atoms with Crippen LogP contribution in [0.2, 0.25) is 0 Å². The molecule has 5 heteroatoms. The molecular weight excluding hydrogens is 271 g/mol. The average molecular weight is 286 g/mol. The molecule has 1 atom stereocenters. The van der Waals surface area contributed by atoms with Crippen LogP contribution in [-0.4, -0.2) is 21.4 Å². The van der Waals surface area contributed by atoms with E-state index in [1.807, 2.05) is 19.1 Å². The molecule has 0 aliphatic rings. The lowest BCUT2D eigenvalue weighted by Crippen LogP contribution is -2.08. The molecule has 3 rings (SSSR count). The van der Waals surface area contributed by atoms with Crippen LogP contribution in [0.25, 0.3) is 22.2 Å². The normalized spacial score (nSPS) is 12.7. The van der Waals surface area contributed by atoms with Crippen molar-refractivity contribution in [2.24, 2.45) is 0 Å². The van der Waals surface area contributed by atoms with E-state index in [4.69, 9.17) is 4.52 Å². The standard InChI is InChI=1S/C16H15FN2O2/c1-2-10(20)9-15-18-16(19-21-15)13-7-8-14(17)12-6-4-3-5-11(12)13/h3-8,10,20H,2,9H2,1H3. The van der Waals surface area contributed by atoms with E-state index in [0.29, 0.717) is 35.5 Å². The van der Waals surface area contributed by atoms with Gasteiger partial charge < -0.3 is 9.63 Å². The first-order valence-corrected chi connectivity index (χ1v) is 6.87. The first-order valence-electron chi connectivity index (χ1n) is 6.87. The van der Waals surface area contributed by atoms with Gasteiger partial charge in [-0.3, -0.25) is 0 Å². The highest BCUT2D eigenvalue weighted by Gasteiger charge is 2.15. The zero-order valence-corrected chi connectivity index (χ0v) is 11.6. The van der Waals surface area contributed by atoms with E-state index in [0.717, 1.165) is 5.39 Å². The first kappa shape index (κ1) is 13.7. The lowest BCUT2D eigenvalue weighted by molar-refractivity contribution is 0.158. The molecule has 0 spiro atoms. The number of aliphatic hydroxyl groups is 1. The van der Waals surface area contributed by atoms with Crippen molar-refractivity contribution < 1.29 is 14.0 Å². The molecule has 21 heavy (non-hydrogen) atoms. The molecule has 0 bridgehead atoms. The van der Waals surface area contributed by atoms with Crippen molar-refractivity contribution in [1.82, 2.24) is 10.1 Å². The highest BCUT2D eigenvalue weighted by molar-refractivity contribution is 5.95. The van der Waals surface area contributed by atoms with Crippen LogP contribution in [0.4, 0.5) is 4.39 Å². The van der Waals surface area contributed by atoms with Crippen molar-refractivity contribution in [3.8, 4) is 11.4 Å². The summed E-state index contributed by atoms with van der Waals surface area (Å²) in [6.07, 6.45) is 0.447. The van der Waals surface area contributed by atoms with Crippen LogP contribution in [0.3, 0.4) is 0 Å². The SMILES string of the molecule is CCC(O)Cc1nc(-c2ccc(F)c3ccccc23)no1. The van der Waals surface area contributed by atoms with Gasteiger partial charge in [0.2, 0.25) is 11.7 Å². The Labute approximate surface area is 121 Å². The quantitative estimate of drug-likeness (QED) is 0.799. The number of rotatable bonds is 4. The van der Waals surface area contributed by atoms with Gasteiger partial charge in [-0.15, -0.1) is 0 Å². The number of hydrogen-bond donors (Lipinski definition) is 1. The molecule has 3 aromatic rings. The van der Waals surface area contributed by atoms with Crippen LogP contribution in [0.15, 0.2) is 40.9 Å². The summed E-state index contributed by atoms with van der Waals surface area (Å²) in [5, 5.41) is 14.8. The molecule has 1 aromatic heterocycles. The topological polar surface area (TPSA) is 59.2 Å². The Balaban J connectivity index is 2.03. The van der Waals surface area contributed by atoms with Gasteiger partial charge >= 0.3 is 0 Å². The molecule has 108 valence electrons. The summed E-state index contributed by atoms with van der Waals surface area (Å²) < 4.78 is 19.0. The Hall–Kier alpha value is -2.27. The monoisotopic (exact) mass is 286 g/mol. The van der Waals surface area contributed by atoms with Crippen LogP contribution < -0.4 is 0 Å². The molecule has 4 nitrogen and oxygen atoms in total. The van der Waals surface area contributed by atoms with Crippen LogP contribution in [0.1, 0.15) is 19.2 Å². The van der Waals surface area contributed by atoms with Crippen LogP contribution in [-0.2, 0) is 6.42 Å². The van der Waals surface area contributed by atoms with E-state index in [1.54, 1.807) is 18.2 Å². The summed E-state index contributed by atoms with van der Waals surface area (Å²) >= 11 is 0. The summed E-state index contributed by atoms with van der Waals surface area (Å²) in [7, 11) is 0. The minimum Gasteiger partial charge on any atom is -0.393 e. The molecule has 0 aliphatic heterocycles. The Kier molecular flexibility index (Phi) is 3.66. The van der Waals surface area contributed by atoms with E-state index in [9.17, 15) is 9.50 Å². The maximum absolute atomic E-state index is 13.8. The second-order valence-electron chi connectivity index (χ2n) is 4.92. The Bertz CT molecular complexity index is 770. The number of fused-ring (bicyclic) bond motifs is 1. The van der Waals surface area contributed by atoms with Gasteiger partial charge in [0.25, 0.3) is 0 Å². The Morgan fingerprint density at radius 3 is 2.71 bits per heavy atom. The maximum Gasteiger partial charge on any atom is 0.229 e. The molecule has 0 saturated carbocycles. The molecule has 2 aromatic carbocycles. The Morgan fingerprint density at radius 1 is 1.19 bits per heavy atom. The molecule has 1 heterocycles. The summed E-state index contributed by atoms with van der Waals surface area (Å²) in [5.41, 5.74) is 0.716. The predicted octanol–water partition coefficient (Wildman–Crippen LogP) is 3.34. The zero-order chi connectivity index (χ0) is 14.8. The van der Waals surface area contributed by atoms with E-state index in [1.165, 1.54) is 6.07 Å². The third-order valence-electron chi connectivity index (χ3n) is 3.46. The molecular formula is C16H15FN2O2. The highest BCUT2D eigenvalue weighted by atomic mass is 19.1. The van der Waals surface area contributed by atoms with Gasteiger partial charge in [-0.05, 0) is 23.9 Å². The lowest BCUT2D eigenvalue weighted by Gasteiger charge is -2.03. The first-order chi connectivity index (χ1) is 10.2. The number of aromatic nitrogens is 2. The molecule has 0 fully saturated rings. The molecule has 0 amide bonds. The van der Waals surface area contributed by atoms with Gasteiger partial charge in [-0.1, -0.05) is 36.3 Å². The van der Waals surface area contributed by atoms with Gasteiger partial charge in [0.15, 0.2) is 0 Å². The van der Waals surface area contributed by atoms with Crippen molar-refractivity contribution in [2.45, 2.75) is 25.9 Å². The van der Waals surface area contributed by atoms with Gasteiger partial charge in [0, 0.05) is 10.9 Å². The summed E-state index contributed by atoms with van der Waals surface area (Å²) in [4.78, 5) is 4.29. The third kappa shape index (κ3) is 2.64. The van der Waals surface area contributed by atoms with E-state index < -0.39 is 6.10 Å². The maximum atomic E-state index is 13.8. The van der Waals surface area contributed by atoms with Gasteiger partial charge in [-0.2, -0.15) is 4.98 Å². The Morgan fingerprint density at radius 2 is 1.95 bits per heavy atom. The van der Waals surface area contributed by atoms with E-state index >= 15 is 0 Å². The van der Waals surface area contributed by atoms with Crippen molar-refractivity contribution in [2.75, 3.05) is 0 Å². The van der Waals surface area contributed by atoms with Crippen molar-refractivity contribution >= 4 is 10.8 Å². The molecule has 0 radical (unpaired) electrons. The summed E-state index contributed by atoms with van der Waals surface area (Å²) in [6.45, 7) is 1.88. The fourth-order valence-corrected chi connectivity index (χ4v) is 2.25. The fourth-order valence-electron chi connectivity index (χ4n) is 2.25. The number of hydrogen-bond acceptors (Lipinski definition) is 4. The van der Waals surface area contributed by atoms with E-state index in [2.05, 4.69) is 10.1 Å². The number of aliphatic hydroxyl groups excluding tert-OH is 1. The van der Waals surface area contributed by atoms with Gasteiger partial charge in [0.1, 0.15) is 5.82 Å². The third-order valence-corrected chi connectivity index (χ3v) is 3.46. The van der Waals surface area contributed by atoms with Crippen LogP contribution in [0.5, 0.6) is 0 Å². The minimum atomic E-state index is -0.497. The molecule has 0 saturated heterocycles. The van der Waals surface area contributed by atoms with E-state index in [-0.39, 0.29) is 5.82 Å². The number of halogens is 1. The molecule has 0 aliphatic carbocycles. The second kappa shape index (κ2) is 5.61. The van der Waals surface area contributed by atoms with Crippen molar-refractivity contribution in [3.63, 3.8) is 0 Å². The molecule has 1 unspecified atom stereocenters. The fraction of sp³-hybridized carbons (Fsp3) is 0.250. The van der Waals surface area contributed by atoms with Gasteiger partial charge in [-0.25, -0.2) is 4.39 Å². The second-order valence-corrected chi connectivity index (χ2v) is 4.92. The van der Waals surface area contributed by atoms with Crippen molar-refractivity contribution in [3.05, 3.63) is 48.1 Å². The number of benzene rings is 2. The summed E-state index contributed by atoms with van der Waals surface area (Å²) in [6, 6.07) is 10.2. The summed E-state index contributed by atoms with van der Waals surface area (Å²) in [5.74, 6) is 0.511. The largest absolute Gasteiger partial charge is 0.393 e. The van der Waals surface area contributed by atoms with Crippen molar-refractivity contribution in [1.29, 1.82) is 0 Å². The predicted molar refractivity (Wildman–Crippen MR) is 77.2 cm³/mol. The number of nitrogens with zero attached hydrogens (tertiary/aromatic N) is 2. The highest BCUT2D eigenvalue weighted by Crippen LogP contribution is 2.28.